The number of halogens is 4. The molecule has 0 fully saturated rings. The number of thioether (sulfide) groups is 1. The number of carbonyl (C=O) groups excluding carboxylic acids is 1. The highest BCUT2D eigenvalue weighted by atomic mass is 32.2. The van der Waals surface area contributed by atoms with E-state index in [2.05, 4.69) is 0 Å². The maximum atomic E-state index is 15.0. The molecule has 3 aromatic rings. The zero-order valence-electron chi connectivity index (χ0n) is 19.2. The summed E-state index contributed by atoms with van der Waals surface area (Å²) in [5, 5.41) is 12.0. The number of alkyl halides is 3. The second-order valence-corrected chi connectivity index (χ2v) is 9.77. The topological polar surface area (TPSA) is 65.8 Å². The number of aromatic hydroxyl groups is 1. The fraction of sp³-hybridized carbons (Fsp3) is 0.280. The van der Waals surface area contributed by atoms with Gasteiger partial charge < -0.3 is 10.0 Å². The summed E-state index contributed by atoms with van der Waals surface area (Å²) >= 11 is 1.29. The Hall–Kier alpha value is -3.47. The zero-order valence-corrected chi connectivity index (χ0v) is 20.0. The summed E-state index contributed by atoms with van der Waals surface area (Å²) < 4.78 is 57.6. The molecule has 1 N–H and O–H groups in total. The fourth-order valence-electron chi connectivity index (χ4n) is 4.74. The zero-order chi connectivity index (χ0) is 25.9. The third kappa shape index (κ3) is 3.73. The van der Waals surface area contributed by atoms with E-state index in [1.54, 1.807) is 6.07 Å². The molecule has 36 heavy (non-hydrogen) atoms. The first-order valence-corrected chi connectivity index (χ1v) is 12.1. The van der Waals surface area contributed by atoms with E-state index in [1.165, 1.54) is 39.8 Å². The van der Waals surface area contributed by atoms with Crippen LogP contribution in [0, 0.1) is 12.7 Å². The molecule has 5 rings (SSSR count). The van der Waals surface area contributed by atoms with Crippen molar-refractivity contribution in [1.29, 1.82) is 0 Å². The predicted octanol–water partition coefficient (Wildman–Crippen LogP) is 4.70. The van der Waals surface area contributed by atoms with Crippen molar-refractivity contribution in [2.24, 2.45) is 0 Å². The van der Waals surface area contributed by atoms with Crippen molar-refractivity contribution < 1.29 is 27.5 Å². The summed E-state index contributed by atoms with van der Waals surface area (Å²) in [6.07, 6.45) is -3.51. The second-order valence-electron chi connectivity index (χ2n) is 8.79. The Morgan fingerprint density at radius 2 is 1.78 bits per heavy atom. The minimum atomic E-state index is -4.76. The number of amides is 1. The van der Waals surface area contributed by atoms with Crippen molar-refractivity contribution in [2.45, 2.75) is 42.8 Å². The van der Waals surface area contributed by atoms with Gasteiger partial charge >= 0.3 is 6.18 Å². The van der Waals surface area contributed by atoms with E-state index in [4.69, 9.17) is 0 Å². The smallest absolute Gasteiger partial charge is 0.408 e. The van der Waals surface area contributed by atoms with Crippen LogP contribution in [0.15, 0.2) is 58.4 Å². The number of aromatic nitrogens is 1. The van der Waals surface area contributed by atoms with Crippen LogP contribution < -0.4 is 10.4 Å². The van der Waals surface area contributed by atoms with Gasteiger partial charge in [-0.15, -0.1) is 11.8 Å². The van der Waals surface area contributed by atoms with Crippen molar-refractivity contribution >= 4 is 17.7 Å². The molecule has 1 amide bonds. The Morgan fingerprint density at radius 3 is 2.50 bits per heavy atom. The van der Waals surface area contributed by atoms with Gasteiger partial charge in [-0.25, -0.2) is 4.39 Å². The molecule has 0 bridgehead atoms. The number of benzene rings is 2. The van der Waals surface area contributed by atoms with Gasteiger partial charge in [0.05, 0.1) is 6.04 Å². The predicted molar refractivity (Wildman–Crippen MR) is 126 cm³/mol. The quantitative estimate of drug-likeness (QED) is 0.498. The van der Waals surface area contributed by atoms with Crippen molar-refractivity contribution in [1.82, 2.24) is 9.58 Å². The summed E-state index contributed by atoms with van der Waals surface area (Å²) in [5.74, 6) is -2.11. The standard InChI is InChI=1S/C25H21F4N3O3S/c1-13-5-3-6-15-17(13)11-36-23-16(7-4-8-18(23)26)20(15)32-12-30(14(2)25(27,28)29)24(35)21-22(34)19(33)9-10-31(21)32/h3-10,14,20,34H,11-12H2,1-2H3/t14-,20+/m1/s1. The first-order valence-electron chi connectivity index (χ1n) is 11.1. The lowest BCUT2D eigenvalue weighted by Gasteiger charge is -2.46. The highest BCUT2D eigenvalue weighted by Gasteiger charge is 2.47. The van der Waals surface area contributed by atoms with Crippen molar-refractivity contribution in [3.63, 3.8) is 0 Å². The van der Waals surface area contributed by atoms with Crippen molar-refractivity contribution in [3.05, 3.63) is 92.6 Å². The summed E-state index contributed by atoms with van der Waals surface area (Å²) in [4.78, 5) is 26.3. The molecular formula is C25H21F4N3O3S. The van der Waals surface area contributed by atoms with Crippen LogP contribution in [0.3, 0.4) is 0 Å². The molecule has 188 valence electrons. The molecule has 1 aromatic heterocycles. The minimum Gasteiger partial charge on any atom is -0.502 e. The monoisotopic (exact) mass is 519 g/mol. The summed E-state index contributed by atoms with van der Waals surface area (Å²) in [6.45, 7) is 2.23. The molecule has 0 spiro atoms. The van der Waals surface area contributed by atoms with Crippen LogP contribution in [0.1, 0.15) is 45.7 Å². The average molecular weight is 520 g/mol. The SMILES string of the molecule is Cc1cccc2c1CSc1c(F)cccc1[C@H]2N1CN([C@H](C)C(F)(F)F)C(=O)c2c(O)c(=O)ccn21. The van der Waals surface area contributed by atoms with Gasteiger partial charge in [-0.3, -0.25) is 19.3 Å². The van der Waals surface area contributed by atoms with Gasteiger partial charge in [-0.1, -0.05) is 30.3 Å². The van der Waals surface area contributed by atoms with Gasteiger partial charge in [-0.2, -0.15) is 13.2 Å². The van der Waals surface area contributed by atoms with Crippen LogP contribution in [0.4, 0.5) is 17.6 Å². The number of nitrogens with zero attached hydrogens (tertiary/aromatic N) is 3. The first kappa shape index (κ1) is 24.2. The molecule has 11 heteroatoms. The molecule has 0 radical (unpaired) electrons. The lowest BCUT2D eigenvalue weighted by Crippen LogP contribution is -2.60. The number of rotatable bonds is 2. The number of aryl methyl sites for hydroxylation is 1. The van der Waals surface area contributed by atoms with Gasteiger partial charge in [0.1, 0.15) is 18.5 Å². The number of hydrogen-bond donors (Lipinski definition) is 1. The maximum absolute atomic E-state index is 15.0. The Balaban J connectivity index is 1.81. The van der Waals surface area contributed by atoms with Crippen molar-refractivity contribution in [2.75, 3.05) is 11.7 Å². The number of pyridine rings is 1. The van der Waals surface area contributed by atoms with E-state index in [-0.39, 0.29) is 0 Å². The molecule has 0 saturated carbocycles. The molecule has 2 atom stereocenters. The third-order valence-corrected chi connectivity index (χ3v) is 7.88. The highest BCUT2D eigenvalue weighted by molar-refractivity contribution is 7.98. The normalized spacial score (nSPS) is 18.3. The lowest BCUT2D eigenvalue weighted by molar-refractivity contribution is -0.173. The van der Waals surface area contributed by atoms with E-state index >= 15 is 4.39 Å². The molecular weight excluding hydrogens is 498 g/mol. The van der Waals surface area contributed by atoms with Gasteiger partial charge in [-0.05, 0) is 42.2 Å². The van der Waals surface area contributed by atoms with E-state index in [0.717, 1.165) is 29.7 Å². The molecule has 2 aromatic carbocycles. The van der Waals surface area contributed by atoms with Crippen LogP contribution in [-0.4, -0.2) is 39.5 Å². The molecule has 0 saturated heterocycles. The van der Waals surface area contributed by atoms with E-state index in [0.29, 0.717) is 21.1 Å². The molecule has 0 aliphatic carbocycles. The van der Waals surface area contributed by atoms with Crippen LogP contribution in [0.2, 0.25) is 0 Å². The Morgan fingerprint density at radius 1 is 1.08 bits per heavy atom. The Labute approximate surface area is 207 Å². The lowest BCUT2D eigenvalue weighted by atomic mass is 9.92. The summed E-state index contributed by atoms with van der Waals surface area (Å²) in [6, 6.07) is 8.08. The largest absolute Gasteiger partial charge is 0.502 e. The molecule has 6 nitrogen and oxygen atoms in total. The highest BCUT2D eigenvalue weighted by Crippen LogP contribution is 2.45. The minimum absolute atomic E-state index is 0.345. The van der Waals surface area contributed by atoms with Crippen LogP contribution in [-0.2, 0) is 5.75 Å². The first-order chi connectivity index (χ1) is 17.0. The maximum Gasteiger partial charge on any atom is 0.408 e. The summed E-state index contributed by atoms with van der Waals surface area (Å²) in [5.41, 5.74) is 1.58. The molecule has 0 unspecified atom stereocenters. The van der Waals surface area contributed by atoms with Gasteiger partial charge in [0.25, 0.3) is 5.91 Å². The third-order valence-electron chi connectivity index (χ3n) is 6.72. The van der Waals surface area contributed by atoms with E-state index in [1.807, 2.05) is 25.1 Å². The van der Waals surface area contributed by atoms with Crippen LogP contribution >= 0.6 is 11.8 Å². The summed E-state index contributed by atoms with van der Waals surface area (Å²) in [7, 11) is 0. The fourth-order valence-corrected chi connectivity index (χ4v) is 5.98. The molecule has 2 aliphatic heterocycles. The number of hydrogen-bond acceptors (Lipinski definition) is 5. The molecule has 2 aliphatic rings. The van der Waals surface area contributed by atoms with Crippen LogP contribution in [0.5, 0.6) is 5.75 Å². The Bertz CT molecular complexity index is 1390. The van der Waals surface area contributed by atoms with Gasteiger partial charge in [0.15, 0.2) is 11.4 Å². The second kappa shape index (κ2) is 8.58. The molecule has 3 heterocycles. The average Bonchev–Trinajstić information content (AvgIpc) is 2.99. The van der Waals surface area contributed by atoms with Crippen LogP contribution in [0.25, 0.3) is 0 Å². The number of carbonyl (C=O) groups is 1. The van der Waals surface area contributed by atoms with E-state index < -0.39 is 53.5 Å². The van der Waals surface area contributed by atoms with Gasteiger partial charge in [0.2, 0.25) is 5.43 Å². The van der Waals surface area contributed by atoms with Gasteiger partial charge in [0, 0.05) is 22.9 Å². The number of fused-ring (bicyclic) bond motifs is 3. The Kier molecular flexibility index (Phi) is 5.77. The van der Waals surface area contributed by atoms with Crippen molar-refractivity contribution in [3.8, 4) is 5.75 Å². The van der Waals surface area contributed by atoms with E-state index in [9.17, 15) is 27.9 Å².